The van der Waals surface area contributed by atoms with Crippen molar-refractivity contribution in [1.82, 2.24) is 10.6 Å². The number of ether oxygens (including phenoxy) is 1. The standard InChI is InChI=1S/C15H21N3O3.ClH/c1-21-9-8-16-10-14(19)17-12-4-2-11(3-5-12)15(20)18-13-6-7-13;/h2-5,13,16H,6-10H2,1H3,(H,17,19)(H,18,20);1H. The molecule has 22 heavy (non-hydrogen) atoms. The van der Waals surface area contributed by atoms with Crippen LogP contribution >= 0.6 is 12.4 Å². The normalized spacial score (nSPS) is 13.1. The number of methoxy groups -OCH3 is 1. The summed E-state index contributed by atoms with van der Waals surface area (Å²) in [6.07, 6.45) is 2.13. The fourth-order valence-corrected chi connectivity index (χ4v) is 1.78. The van der Waals surface area contributed by atoms with E-state index in [2.05, 4.69) is 16.0 Å². The quantitative estimate of drug-likeness (QED) is 0.626. The fourth-order valence-electron chi connectivity index (χ4n) is 1.78. The highest BCUT2D eigenvalue weighted by Gasteiger charge is 2.23. The van der Waals surface area contributed by atoms with E-state index in [9.17, 15) is 9.59 Å². The summed E-state index contributed by atoms with van der Waals surface area (Å²) in [6.45, 7) is 1.43. The minimum Gasteiger partial charge on any atom is -0.383 e. The first-order valence-corrected chi connectivity index (χ1v) is 7.09. The van der Waals surface area contributed by atoms with Gasteiger partial charge in [0.2, 0.25) is 5.91 Å². The molecular weight excluding hydrogens is 306 g/mol. The van der Waals surface area contributed by atoms with E-state index in [0.717, 1.165) is 12.8 Å². The Balaban J connectivity index is 0.00000242. The Morgan fingerprint density at radius 2 is 1.91 bits per heavy atom. The third kappa shape index (κ3) is 6.43. The molecular formula is C15H22ClN3O3. The maximum absolute atomic E-state index is 11.8. The number of hydrogen-bond donors (Lipinski definition) is 3. The number of carbonyl (C=O) groups is 2. The Morgan fingerprint density at radius 1 is 1.23 bits per heavy atom. The number of anilines is 1. The smallest absolute Gasteiger partial charge is 0.251 e. The molecule has 1 aromatic rings. The summed E-state index contributed by atoms with van der Waals surface area (Å²) in [5.74, 6) is -0.183. The van der Waals surface area contributed by atoms with E-state index in [0.29, 0.717) is 30.4 Å². The summed E-state index contributed by atoms with van der Waals surface area (Å²) in [6, 6.07) is 7.23. The van der Waals surface area contributed by atoms with Crippen molar-refractivity contribution in [1.29, 1.82) is 0 Å². The van der Waals surface area contributed by atoms with Gasteiger partial charge in [0.25, 0.3) is 5.91 Å². The molecule has 122 valence electrons. The lowest BCUT2D eigenvalue weighted by atomic mass is 10.2. The van der Waals surface area contributed by atoms with Gasteiger partial charge in [0.05, 0.1) is 13.2 Å². The van der Waals surface area contributed by atoms with Crippen LogP contribution in [-0.2, 0) is 9.53 Å². The second-order valence-electron chi connectivity index (χ2n) is 5.04. The first kappa shape index (κ1) is 18.4. The maximum atomic E-state index is 11.8. The summed E-state index contributed by atoms with van der Waals surface area (Å²) in [7, 11) is 1.61. The topological polar surface area (TPSA) is 79.5 Å². The van der Waals surface area contributed by atoms with Crippen LogP contribution in [0.25, 0.3) is 0 Å². The predicted molar refractivity (Wildman–Crippen MR) is 87.6 cm³/mol. The van der Waals surface area contributed by atoms with Gasteiger partial charge in [-0.1, -0.05) is 0 Å². The van der Waals surface area contributed by atoms with Crippen molar-refractivity contribution in [2.75, 3.05) is 32.1 Å². The van der Waals surface area contributed by atoms with Crippen molar-refractivity contribution in [2.45, 2.75) is 18.9 Å². The number of halogens is 1. The van der Waals surface area contributed by atoms with Crippen molar-refractivity contribution in [3.8, 4) is 0 Å². The lowest BCUT2D eigenvalue weighted by molar-refractivity contribution is -0.115. The Hall–Kier alpha value is -1.63. The average molecular weight is 328 g/mol. The molecule has 0 radical (unpaired) electrons. The summed E-state index contributed by atoms with van der Waals surface area (Å²) < 4.78 is 4.88. The van der Waals surface area contributed by atoms with Gasteiger partial charge in [0.1, 0.15) is 0 Å². The first-order chi connectivity index (χ1) is 10.2. The van der Waals surface area contributed by atoms with Crippen molar-refractivity contribution in [2.24, 2.45) is 0 Å². The molecule has 0 saturated heterocycles. The highest BCUT2D eigenvalue weighted by atomic mass is 35.5. The van der Waals surface area contributed by atoms with Crippen LogP contribution in [0.2, 0.25) is 0 Å². The molecule has 1 fully saturated rings. The third-order valence-corrected chi connectivity index (χ3v) is 3.11. The van der Waals surface area contributed by atoms with Gasteiger partial charge in [-0.3, -0.25) is 9.59 Å². The second kappa shape index (κ2) is 9.40. The molecule has 0 bridgehead atoms. The third-order valence-electron chi connectivity index (χ3n) is 3.11. The van der Waals surface area contributed by atoms with Crippen LogP contribution in [0.5, 0.6) is 0 Å². The minimum absolute atomic E-state index is 0. The van der Waals surface area contributed by atoms with E-state index < -0.39 is 0 Å². The lowest BCUT2D eigenvalue weighted by Gasteiger charge is -2.08. The zero-order valence-corrected chi connectivity index (χ0v) is 13.4. The van der Waals surface area contributed by atoms with Crippen molar-refractivity contribution in [3.63, 3.8) is 0 Å². The first-order valence-electron chi connectivity index (χ1n) is 7.09. The second-order valence-corrected chi connectivity index (χ2v) is 5.04. The molecule has 1 aliphatic rings. The van der Waals surface area contributed by atoms with Crippen LogP contribution in [0.4, 0.5) is 5.69 Å². The summed E-state index contributed by atoms with van der Waals surface area (Å²) in [4.78, 5) is 23.5. The van der Waals surface area contributed by atoms with Crippen LogP contribution < -0.4 is 16.0 Å². The zero-order valence-electron chi connectivity index (χ0n) is 12.6. The van der Waals surface area contributed by atoms with Crippen molar-refractivity contribution < 1.29 is 14.3 Å². The molecule has 1 aromatic carbocycles. The van der Waals surface area contributed by atoms with Crippen LogP contribution in [0, 0.1) is 0 Å². The molecule has 2 rings (SSSR count). The highest BCUT2D eigenvalue weighted by molar-refractivity contribution is 5.96. The van der Waals surface area contributed by atoms with Gasteiger partial charge in [-0.25, -0.2) is 0 Å². The van der Waals surface area contributed by atoms with Gasteiger partial charge < -0.3 is 20.7 Å². The SMILES string of the molecule is COCCNCC(=O)Nc1ccc(C(=O)NC2CC2)cc1.Cl. The monoisotopic (exact) mass is 327 g/mol. The van der Waals surface area contributed by atoms with Crippen LogP contribution in [0.15, 0.2) is 24.3 Å². The van der Waals surface area contributed by atoms with Crippen LogP contribution in [0.3, 0.4) is 0 Å². The molecule has 0 atom stereocenters. The van der Waals surface area contributed by atoms with Gasteiger partial charge in [-0.15, -0.1) is 12.4 Å². The number of benzene rings is 1. The van der Waals surface area contributed by atoms with E-state index in [4.69, 9.17) is 4.74 Å². The zero-order chi connectivity index (χ0) is 15.1. The maximum Gasteiger partial charge on any atom is 0.251 e. The molecule has 6 nitrogen and oxygen atoms in total. The largest absolute Gasteiger partial charge is 0.383 e. The molecule has 0 spiro atoms. The lowest BCUT2D eigenvalue weighted by Crippen LogP contribution is -2.30. The van der Waals surface area contributed by atoms with Crippen molar-refractivity contribution >= 4 is 29.9 Å². The molecule has 1 aliphatic carbocycles. The molecule has 3 N–H and O–H groups in total. The fraction of sp³-hybridized carbons (Fsp3) is 0.467. The van der Waals surface area contributed by atoms with Crippen LogP contribution in [-0.4, -0.2) is 44.7 Å². The number of nitrogens with one attached hydrogen (secondary N) is 3. The van der Waals surface area contributed by atoms with Crippen LogP contribution in [0.1, 0.15) is 23.2 Å². The summed E-state index contributed by atoms with van der Waals surface area (Å²) >= 11 is 0. The Morgan fingerprint density at radius 3 is 2.50 bits per heavy atom. The number of rotatable bonds is 8. The Labute approximate surface area is 136 Å². The Kier molecular flexibility index (Phi) is 7.87. The van der Waals surface area contributed by atoms with Gasteiger partial charge in [0.15, 0.2) is 0 Å². The molecule has 0 aliphatic heterocycles. The molecule has 7 heteroatoms. The van der Waals surface area contributed by atoms with Crippen molar-refractivity contribution in [3.05, 3.63) is 29.8 Å². The number of amides is 2. The molecule has 0 unspecified atom stereocenters. The number of hydrogen-bond acceptors (Lipinski definition) is 4. The van der Waals surface area contributed by atoms with Gasteiger partial charge in [0, 0.05) is 30.9 Å². The van der Waals surface area contributed by atoms with E-state index in [1.165, 1.54) is 0 Å². The average Bonchev–Trinajstić information content (AvgIpc) is 3.28. The molecule has 0 heterocycles. The molecule has 2 amide bonds. The highest BCUT2D eigenvalue weighted by Crippen LogP contribution is 2.19. The van der Waals surface area contributed by atoms with Gasteiger partial charge in [-0.2, -0.15) is 0 Å². The van der Waals surface area contributed by atoms with Gasteiger partial charge in [-0.05, 0) is 37.1 Å². The Bertz CT molecular complexity index is 489. The van der Waals surface area contributed by atoms with E-state index in [1.54, 1.807) is 31.4 Å². The van der Waals surface area contributed by atoms with Gasteiger partial charge >= 0.3 is 0 Å². The summed E-state index contributed by atoms with van der Waals surface area (Å²) in [5, 5.41) is 8.65. The summed E-state index contributed by atoms with van der Waals surface area (Å²) in [5.41, 5.74) is 1.29. The van der Waals surface area contributed by atoms with E-state index in [-0.39, 0.29) is 30.8 Å². The van der Waals surface area contributed by atoms with E-state index in [1.807, 2.05) is 0 Å². The molecule has 1 saturated carbocycles. The molecule has 0 aromatic heterocycles. The predicted octanol–water partition coefficient (Wildman–Crippen LogP) is 1.18. The minimum atomic E-state index is -0.124. The van der Waals surface area contributed by atoms with E-state index >= 15 is 0 Å². The number of carbonyl (C=O) groups excluding carboxylic acids is 2.